The Labute approximate surface area is 116 Å². The van der Waals surface area contributed by atoms with Crippen molar-refractivity contribution >= 4 is 22.2 Å². The van der Waals surface area contributed by atoms with Crippen LogP contribution in [0.5, 0.6) is 5.75 Å². The van der Waals surface area contributed by atoms with Crippen LogP contribution in [-0.2, 0) is 19.6 Å². The predicted octanol–water partition coefficient (Wildman–Crippen LogP) is 0.404. The molecule has 1 aromatic rings. The molecule has 0 spiro atoms. The van der Waals surface area contributed by atoms with E-state index in [1.54, 1.807) is 0 Å². The van der Waals surface area contributed by atoms with Gasteiger partial charge in [-0.3, -0.25) is 4.79 Å². The van der Waals surface area contributed by atoms with Crippen LogP contribution in [-0.4, -0.2) is 40.8 Å². The molecule has 10 heteroatoms. The first-order valence-electron chi connectivity index (χ1n) is 5.27. The molecular weight excluding hydrogens is 288 g/mol. The van der Waals surface area contributed by atoms with Gasteiger partial charge in [0.25, 0.3) is 6.47 Å². The number of benzene rings is 1. The third kappa shape index (κ3) is 4.48. The molecule has 0 aliphatic carbocycles. The van der Waals surface area contributed by atoms with Gasteiger partial charge in [-0.1, -0.05) is 5.22 Å². The highest BCUT2D eigenvalue weighted by Gasteiger charge is 2.12. The van der Waals surface area contributed by atoms with Gasteiger partial charge in [0, 0.05) is 7.05 Å². The number of carbonyl (C=O) groups is 1. The lowest BCUT2D eigenvalue weighted by Gasteiger charge is -2.09. The van der Waals surface area contributed by atoms with Crippen LogP contribution in [0.4, 0.5) is 5.69 Å². The van der Waals surface area contributed by atoms with Gasteiger partial charge in [0.2, 0.25) is 10.0 Å². The largest absolute Gasteiger partial charge is 0.494 e. The van der Waals surface area contributed by atoms with Crippen LogP contribution in [0.2, 0.25) is 0 Å². The first-order chi connectivity index (χ1) is 9.38. The molecule has 0 heterocycles. The second-order valence-electron chi connectivity index (χ2n) is 3.62. The summed E-state index contributed by atoms with van der Waals surface area (Å²) < 4.78 is 32.0. The van der Waals surface area contributed by atoms with Gasteiger partial charge in [-0.2, -0.15) is 0 Å². The molecule has 110 valence electrons. The van der Waals surface area contributed by atoms with Gasteiger partial charge in [0.05, 0.1) is 12.0 Å². The van der Waals surface area contributed by atoms with Gasteiger partial charge < -0.3 is 9.47 Å². The summed E-state index contributed by atoms with van der Waals surface area (Å²) in [6.45, 7) is 0.179. The summed E-state index contributed by atoms with van der Waals surface area (Å²) in [5.74, 6) is 0.325. The van der Waals surface area contributed by atoms with Crippen molar-refractivity contribution in [1.82, 2.24) is 5.01 Å². The Balaban J connectivity index is 3.03. The number of rotatable bonds is 7. The summed E-state index contributed by atoms with van der Waals surface area (Å²) in [7, 11) is -0.921. The number of primary sulfonamides is 1. The number of nitrogens with two attached hydrogens (primary N) is 1. The van der Waals surface area contributed by atoms with Gasteiger partial charge in [-0.25, -0.2) is 18.6 Å². The predicted molar refractivity (Wildman–Crippen MR) is 68.7 cm³/mol. The number of hydrogen-bond donors (Lipinski definition) is 1. The van der Waals surface area contributed by atoms with Gasteiger partial charge in [0.1, 0.15) is 11.4 Å². The fourth-order valence-corrected chi connectivity index (χ4v) is 1.75. The van der Waals surface area contributed by atoms with E-state index >= 15 is 0 Å². The molecule has 2 N–H and O–H groups in total. The quantitative estimate of drug-likeness (QED) is 0.336. The Bertz CT molecular complexity index is 602. The fourth-order valence-electron chi connectivity index (χ4n) is 1.21. The molecule has 0 amide bonds. The van der Waals surface area contributed by atoms with Gasteiger partial charge in [0.15, 0.2) is 6.73 Å². The molecule has 0 aromatic heterocycles. The van der Waals surface area contributed by atoms with E-state index in [1.807, 2.05) is 0 Å². The second-order valence-corrected chi connectivity index (χ2v) is 5.18. The average Bonchev–Trinajstić information content (AvgIpc) is 2.41. The van der Waals surface area contributed by atoms with E-state index in [-0.39, 0.29) is 23.8 Å². The number of ether oxygens (including phenoxy) is 2. The molecule has 0 saturated heterocycles. The van der Waals surface area contributed by atoms with Crippen molar-refractivity contribution in [2.45, 2.75) is 4.90 Å². The van der Waals surface area contributed by atoms with E-state index in [4.69, 9.17) is 9.88 Å². The Morgan fingerprint density at radius 3 is 2.70 bits per heavy atom. The van der Waals surface area contributed by atoms with Crippen LogP contribution < -0.4 is 9.88 Å². The normalized spacial score (nSPS) is 11.3. The SMILES string of the molecule is COc1ccc(S(N)(=O)=O)cc1N=NN(C)COC=O. The zero-order chi connectivity index (χ0) is 15.2. The highest BCUT2D eigenvalue weighted by molar-refractivity contribution is 7.89. The van der Waals surface area contributed by atoms with E-state index in [2.05, 4.69) is 15.1 Å². The van der Waals surface area contributed by atoms with Crippen LogP contribution in [0, 0.1) is 0 Å². The van der Waals surface area contributed by atoms with Crippen molar-refractivity contribution in [1.29, 1.82) is 0 Å². The van der Waals surface area contributed by atoms with Crippen LogP contribution >= 0.6 is 0 Å². The Hall–Kier alpha value is -2.20. The third-order valence-corrected chi connectivity index (χ3v) is 3.02. The summed E-state index contributed by atoms with van der Waals surface area (Å²) in [6.07, 6.45) is 0. The van der Waals surface area contributed by atoms with Crippen LogP contribution in [0.3, 0.4) is 0 Å². The lowest BCUT2D eigenvalue weighted by Crippen LogP contribution is -2.14. The Morgan fingerprint density at radius 1 is 1.45 bits per heavy atom. The van der Waals surface area contributed by atoms with E-state index in [9.17, 15) is 13.2 Å². The lowest BCUT2D eigenvalue weighted by atomic mass is 10.3. The highest BCUT2D eigenvalue weighted by atomic mass is 32.2. The molecule has 0 aliphatic heterocycles. The van der Waals surface area contributed by atoms with Crippen molar-refractivity contribution in [2.75, 3.05) is 20.9 Å². The maximum atomic E-state index is 11.3. The van der Waals surface area contributed by atoms with E-state index in [0.717, 1.165) is 0 Å². The van der Waals surface area contributed by atoms with Crippen molar-refractivity contribution in [3.63, 3.8) is 0 Å². The second kappa shape index (κ2) is 6.82. The first-order valence-corrected chi connectivity index (χ1v) is 6.82. The zero-order valence-corrected chi connectivity index (χ0v) is 11.7. The first kappa shape index (κ1) is 15.9. The van der Waals surface area contributed by atoms with Crippen molar-refractivity contribution in [3.8, 4) is 5.75 Å². The molecular formula is C10H14N4O5S. The Kier molecular flexibility index (Phi) is 5.41. The molecule has 0 bridgehead atoms. The number of nitrogens with zero attached hydrogens (tertiary/aromatic N) is 3. The molecule has 0 saturated carbocycles. The number of methoxy groups -OCH3 is 1. The standard InChI is InChI=1S/C10H14N4O5S/c1-14(6-19-7-15)13-12-9-5-8(20(11,16)17)3-4-10(9)18-2/h3-5,7H,6H2,1-2H3,(H2,11,16,17). The van der Waals surface area contributed by atoms with Crippen LogP contribution in [0.1, 0.15) is 0 Å². The van der Waals surface area contributed by atoms with Gasteiger partial charge >= 0.3 is 0 Å². The van der Waals surface area contributed by atoms with Gasteiger partial charge in [-0.05, 0) is 18.2 Å². The molecule has 0 radical (unpaired) electrons. The topological polar surface area (TPSA) is 124 Å². The minimum absolute atomic E-state index is 0.0931. The molecule has 0 aliphatic rings. The van der Waals surface area contributed by atoms with E-state index in [1.165, 1.54) is 37.4 Å². The molecule has 0 atom stereocenters. The number of sulfonamides is 1. The highest BCUT2D eigenvalue weighted by Crippen LogP contribution is 2.30. The van der Waals surface area contributed by atoms with Crippen LogP contribution in [0.15, 0.2) is 33.4 Å². The molecule has 0 fully saturated rings. The minimum atomic E-state index is -3.84. The smallest absolute Gasteiger partial charge is 0.294 e. The Morgan fingerprint density at radius 2 is 2.15 bits per heavy atom. The molecule has 1 rings (SSSR count). The molecule has 20 heavy (non-hydrogen) atoms. The minimum Gasteiger partial charge on any atom is -0.494 e. The lowest BCUT2D eigenvalue weighted by molar-refractivity contribution is -0.132. The maximum absolute atomic E-state index is 11.3. The summed E-state index contributed by atoms with van der Waals surface area (Å²) >= 11 is 0. The summed E-state index contributed by atoms with van der Waals surface area (Å²) in [4.78, 5) is 9.91. The monoisotopic (exact) mass is 302 g/mol. The van der Waals surface area contributed by atoms with Crippen molar-refractivity contribution < 1.29 is 22.7 Å². The van der Waals surface area contributed by atoms with E-state index < -0.39 is 10.0 Å². The van der Waals surface area contributed by atoms with E-state index in [0.29, 0.717) is 5.75 Å². The van der Waals surface area contributed by atoms with Gasteiger partial charge in [-0.15, -0.1) is 5.11 Å². The molecule has 9 nitrogen and oxygen atoms in total. The summed E-state index contributed by atoms with van der Waals surface area (Å²) in [5.41, 5.74) is 0.178. The third-order valence-electron chi connectivity index (χ3n) is 2.11. The van der Waals surface area contributed by atoms with Crippen molar-refractivity contribution in [3.05, 3.63) is 18.2 Å². The summed E-state index contributed by atoms with van der Waals surface area (Å²) in [5, 5.41) is 13.8. The summed E-state index contributed by atoms with van der Waals surface area (Å²) in [6, 6.07) is 3.94. The fraction of sp³-hybridized carbons (Fsp3) is 0.300. The molecule has 1 aromatic carbocycles. The average molecular weight is 302 g/mol. The number of carbonyl (C=O) groups excluding carboxylic acids is 1. The molecule has 0 unspecified atom stereocenters. The van der Waals surface area contributed by atoms with Crippen LogP contribution in [0.25, 0.3) is 0 Å². The number of hydrogen-bond acceptors (Lipinski definition) is 7. The van der Waals surface area contributed by atoms with Crippen molar-refractivity contribution in [2.24, 2.45) is 15.5 Å². The zero-order valence-electron chi connectivity index (χ0n) is 10.9. The maximum Gasteiger partial charge on any atom is 0.294 e.